The molecule has 2 N–H and O–H groups in total. The van der Waals surface area contributed by atoms with Crippen molar-refractivity contribution in [2.45, 2.75) is 0 Å². The van der Waals surface area contributed by atoms with Crippen LogP contribution in [0.3, 0.4) is 0 Å². The minimum Gasteiger partial charge on any atom is -0.331 e. The maximum Gasteiger partial charge on any atom is 0.269 e. The standard InChI is InChI=1S/C12H10N4O2S2/c17-16(18)10-5-3-9(4-6-10)14-12(19)15-13-8-11-2-1-7-20-11/h1-8H,(H2,14,15,19)/b13-8+. The number of nitro groups is 1. The van der Waals surface area contributed by atoms with Gasteiger partial charge in [-0.3, -0.25) is 15.5 Å². The second-order valence-electron chi connectivity index (χ2n) is 3.64. The molecule has 2 aromatic rings. The molecule has 102 valence electrons. The Morgan fingerprint density at radius 1 is 1.35 bits per heavy atom. The molecule has 1 aromatic heterocycles. The Kier molecular flexibility index (Phi) is 4.75. The third kappa shape index (κ3) is 4.11. The Morgan fingerprint density at radius 3 is 2.70 bits per heavy atom. The fraction of sp³-hybridized carbons (Fsp3) is 0. The van der Waals surface area contributed by atoms with Crippen LogP contribution in [0.2, 0.25) is 0 Å². The fourth-order valence-corrected chi connectivity index (χ4v) is 2.10. The first-order valence-electron chi connectivity index (χ1n) is 5.53. The first kappa shape index (κ1) is 14.1. The minimum absolute atomic E-state index is 0.0325. The highest BCUT2D eigenvalue weighted by atomic mass is 32.1. The summed E-state index contributed by atoms with van der Waals surface area (Å²) in [6.45, 7) is 0. The number of benzene rings is 1. The van der Waals surface area contributed by atoms with Crippen molar-refractivity contribution in [1.29, 1.82) is 0 Å². The highest BCUT2D eigenvalue weighted by Crippen LogP contribution is 2.15. The van der Waals surface area contributed by atoms with E-state index in [4.69, 9.17) is 12.2 Å². The van der Waals surface area contributed by atoms with Gasteiger partial charge >= 0.3 is 0 Å². The van der Waals surface area contributed by atoms with Gasteiger partial charge in [0.2, 0.25) is 0 Å². The molecule has 0 radical (unpaired) electrons. The first-order chi connectivity index (χ1) is 9.65. The van der Waals surface area contributed by atoms with Gasteiger partial charge in [0.15, 0.2) is 5.11 Å². The smallest absolute Gasteiger partial charge is 0.269 e. The van der Waals surface area contributed by atoms with E-state index in [1.165, 1.54) is 12.1 Å². The van der Waals surface area contributed by atoms with Crippen LogP contribution in [-0.2, 0) is 0 Å². The molecule has 0 bridgehead atoms. The molecule has 0 aliphatic carbocycles. The number of rotatable bonds is 4. The summed E-state index contributed by atoms with van der Waals surface area (Å²) >= 11 is 6.61. The summed E-state index contributed by atoms with van der Waals surface area (Å²) in [5, 5.41) is 19.6. The van der Waals surface area contributed by atoms with Crippen molar-refractivity contribution < 1.29 is 4.92 Å². The van der Waals surface area contributed by atoms with Crippen LogP contribution in [-0.4, -0.2) is 16.3 Å². The molecule has 1 heterocycles. The molecule has 0 saturated carbocycles. The van der Waals surface area contributed by atoms with Gasteiger partial charge < -0.3 is 5.32 Å². The molecule has 6 nitrogen and oxygen atoms in total. The highest BCUT2D eigenvalue weighted by molar-refractivity contribution is 7.80. The van der Waals surface area contributed by atoms with E-state index in [0.29, 0.717) is 10.8 Å². The second-order valence-corrected chi connectivity index (χ2v) is 5.03. The van der Waals surface area contributed by atoms with E-state index in [1.54, 1.807) is 29.7 Å². The van der Waals surface area contributed by atoms with Crippen molar-refractivity contribution in [3.63, 3.8) is 0 Å². The van der Waals surface area contributed by atoms with E-state index in [9.17, 15) is 10.1 Å². The number of nitro benzene ring substituents is 1. The summed E-state index contributed by atoms with van der Waals surface area (Å²) in [7, 11) is 0. The predicted octanol–water partition coefficient (Wildman–Crippen LogP) is 2.98. The van der Waals surface area contributed by atoms with Crippen molar-refractivity contribution in [1.82, 2.24) is 5.43 Å². The van der Waals surface area contributed by atoms with Crippen LogP contribution >= 0.6 is 23.6 Å². The average Bonchev–Trinajstić information content (AvgIpc) is 2.92. The Bertz CT molecular complexity index is 623. The highest BCUT2D eigenvalue weighted by Gasteiger charge is 2.04. The Hall–Kier alpha value is -2.32. The SMILES string of the molecule is O=[N+]([O-])c1ccc(NC(=S)N/N=C/c2cccs2)cc1. The Balaban J connectivity index is 1.86. The maximum atomic E-state index is 10.5. The van der Waals surface area contributed by atoms with Crippen LogP contribution in [0.1, 0.15) is 4.88 Å². The van der Waals surface area contributed by atoms with Gasteiger partial charge in [-0.2, -0.15) is 5.10 Å². The normalized spacial score (nSPS) is 10.4. The van der Waals surface area contributed by atoms with Crippen LogP contribution in [0.4, 0.5) is 11.4 Å². The molecule has 0 unspecified atom stereocenters. The summed E-state index contributed by atoms with van der Waals surface area (Å²) in [5.74, 6) is 0. The van der Waals surface area contributed by atoms with E-state index in [2.05, 4.69) is 15.8 Å². The number of nitrogens with one attached hydrogen (secondary N) is 2. The Morgan fingerprint density at radius 2 is 2.10 bits per heavy atom. The average molecular weight is 306 g/mol. The van der Waals surface area contributed by atoms with Gasteiger partial charge in [0, 0.05) is 22.7 Å². The molecular weight excluding hydrogens is 296 g/mol. The number of hydrazone groups is 1. The lowest BCUT2D eigenvalue weighted by Gasteiger charge is -2.06. The van der Waals surface area contributed by atoms with Gasteiger partial charge in [0.1, 0.15) is 0 Å². The fourth-order valence-electron chi connectivity index (χ4n) is 1.34. The van der Waals surface area contributed by atoms with Crippen LogP contribution < -0.4 is 10.7 Å². The molecule has 0 spiro atoms. The number of non-ortho nitro benzene ring substituents is 1. The zero-order valence-electron chi connectivity index (χ0n) is 10.1. The lowest BCUT2D eigenvalue weighted by atomic mass is 10.3. The van der Waals surface area contributed by atoms with Gasteiger partial charge in [0.05, 0.1) is 11.1 Å². The van der Waals surface area contributed by atoms with Gasteiger partial charge in [0.25, 0.3) is 5.69 Å². The minimum atomic E-state index is -0.453. The third-order valence-corrected chi connectivity index (χ3v) is 3.24. The molecule has 0 aliphatic rings. The number of thiophene rings is 1. The van der Waals surface area contributed by atoms with E-state index in [0.717, 1.165) is 4.88 Å². The van der Waals surface area contributed by atoms with Crippen molar-refractivity contribution >= 4 is 46.3 Å². The monoisotopic (exact) mass is 306 g/mol. The molecule has 0 aliphatic heterocycles. The largest absolute Gasteiger partial charge is 0.331 e. The van der Waals surface area contributed by atoms with E-state index in [1.807, 2.05) is 17.5 Å². The van der Waals surface area contributed by atoms with Crippen LogP contribution in [0, 0.1) is 10.1 Å². The number of nitrogens with zero attached hydrogens (tertiary/aromatic N) is 2. The van der Waals surface area contributed by atoms with Crippen LogP contribution in [0.15, 0.2) is 46.9 Å². The lowest BCUT2D eigenvalue weighted by molar-refractivity contribution is -0.384. The van der Waals surface area contributed by atoms with Gasteiger partial charge in [-0.15, -0.1) is 11.3 Å². The van der Waals surface area contributed by atoms with Gasteiger partial charge in [-0.05, 0) is 35.8 Å². The molecule has 0 atom stereocenters. The van der Waals surface area contributed by atoms with Crippen molar-refractivity contribution in [2.75, 3.05) is 5.32 Å². The molecular formula is C12H10N4O2S2. The van der Waals surface area contributed by atoms with E-state index < -0.39 is 4.92 Å². The van der Waals surface area contributed by atoms with Gasteiger partial charge in [-0.1, -0.05) is 6.07 Å². The number of hydrogen-bond acceptors (Lipinski definition) is 5. The second kappa shape index (κ2) is 6.73. The molecule has 0 saturated heterocycles. The quantitative estimate of drug-likeness (QED) is 0.393. The molecule has 0 amide bonds. The van der Waals surface area contributed by atoms with Crippen molar-refractivity contribution in [2.24, 2.45) is 5.10 Å². The zero-order chi connectivity index (χ0) is 14.4. The van der Waals surface area contributed by atoms with Crippen LogP contribution in [0.5, 0.6) is 0 Å². The number of hydrogen-bond donors (Lipinski definition) is 2. The first-order valence-corrected chi connectivity index (χ1v) is 6.82. The van der Waals surface area contributed by atoms with Crippen LogP contribution in [0.25, 0.3) is 0 Å². The third-order valence-electron chi connectivity index (χ3n) is 2.24. The summed E-state index contributed by atoms with van der Waals surface area (Å²) in [6, 6.07) is 9.83. The van der Waals surface area contributed by atoms with Crippen molar-refractivity contribution in [3.8, 4) is 0 Å². The summed E-state index contributed by atoms with van der Waals surface area (Å²) in [4.78, 5) is 11.1. The summed E-state index contributed by atoms with van der Waals surface area (Å²) in [5.41, 5.74) is 3.35. The van der Waals surface area contributed by atoms with Crippen molar-refractivity contribution in [3.05, 3.63) is 56.8 Å². The Labute approximate surface area is 124 Å². The summed E-state index contributed by atoms with van der Waals surface area (Å²) in [6.07, 6.45) is 1.66. The molecule has 0 fully saturated rings. The number of anilines is 1. The predicted molar refractivity (Wildman–Crippen MR) is 84.4 cm³/mol. The molecule has 1 aromatic carbocycles. The number of thiocarbonyl (C=S) groups is 1. The lowest BCUT2D eigenvalue weighted by Crippen LogP contribution is -2.23. The zero-order valence-corrected chi connectivity index (χ0v) is 11.8. The van der Waals surface area contributed by atoms with Gasteiger partial charge in [-0.25, -0.2) is 0 Å². The topological polar surface area (TPSA) is 79.6 Å². The molecule has 2 rings (SSSR count). The molecule has 20 heavy (non-hydrogen) atoms. The van der Waals surface area contributed by atoms with E-state index in [-0.39, 0.29) is 5.69 Å². The van der Waals surface area contributed by atoms with E-state index >= 15 is 0 Å². The molecule has 8 heteroatoms. The maximum absolute atomic E-state index is 10.5. The summed E-state index contributed by atoms with van der Waals surface area (Å²) < 4.78 is 0.